The van der Waals surface area contributed by atoms with Gasteiger partial charge in [-0.05, 0) is 57.8 Å². The Labute approximate surface area is 182 Å². The van der Waals surface area contributed by atoms with Gasteiger partial charge in [0.05, 0.1) is 19.3 Å². The number of guanidine groups is 1. The SMILES string of the molecule is CCNC(=NCc1ccc(COC(C)C)cc1)NCCN1CCCCC1.I. The molecule has 0 saturated carbocycles. The van der Waals surface area contributed by atoms with Gasteiger partial charge in [0.15, 0.2) is 5.96 Å². The Morgan fingerprint density at radius 3 is 2.37 bits per heavy atom. The Morgan fingerprint density at radius 1 is 1.07 bits per heavy atom. The number of piperidine rings is 1. The summed E-state index contributed by atoms with van der Waals surface area (Å²) in [4.78, 5) is 7.25. The Morgan fingerprint density at radius 2 is 1.74 bits per heavy atom. The highest BCUT2D eigenvalue weighted by Crippen LogP contribution is 2.09. The molecule has 1 aromatic carbocycles. The molecule has 1 aliphatic heterocycles. The summed E-state index contributed by atoms with van der Waals surface area (Å²) in [6.07, 6.45) is 4.33. The molecule has 0 radical (unpaired) electrons. The van der Waals surface area contributed by atoms with Crippen LogP contribution in [0.2, 0.25) is 0 Å². The summed E-state index contributed by atoms with van der Waals surface area (Å²) in [5, 5.41) is 6.79. The lowest BCUT2D eigenvalue weighted by atomic mass is 10.1. The second-order valence-corrected chi connectivity index (χ2v) is 7.20. The van der Waals surface area contributed by atoms with Crippen molar-refractivity contribution in [1.29, 1.82) is 0 Å². The van der Waals surface area contributed by atoms with E-state index in [1.54, 1.807) is 0 Å². The number of halogens is 1. The Kier molecular flexibility index (Phi) is 12.7. The van der Waals surface area contributed by atoms with E-state index in [1.165, 1.54) is 43.5 Å². The first-order chi connectivity index (χ1) is 12.7. The highest BCUT2D eigenvalue weighted by atomic mass is 127. The number of ether oxygens (including phenoxy) is 1. The molecular formula is C21H37IN4O. The first kappa shape index (κ1) is 24.2. The molecule has 1 fully saturated rings. The molecule has 0 aromatic heterocycles. The number of benzene rings is 1. The van der Waals surface area contributed by atoms with Crippen molar-refractivity contribution in [2.24, 2.45) is 4.99 Å². The number of nitrogens with one attached hydrogen (secondary N) is 2. The van der Waals surface area contributed by atoms with Crippen molar-refractivity contribution < 1.29 is 4.74 Å². The molecule has 154 valence electrons. The molecule has 0 spiro atoms. The van der Waals surface area contributed by atoms with Gasteiger partial charge in [-0.1, -0.05) is 30.7 Å². The third-order valence-electron chi connectivity index (χ3n) is 4.54. The van der Waals surface area contributed by atoms with Crippen molar-refractivity contribution in [1.82, 2.24) is 15.5 Å². The minimum Gasteiger partial charge on any atom is -0.374 e. The Hall–Kier alpha value is -0.860. The van der Waals surface area contributed by atoms with E-state index < -0.39 is 0 Å². The van der Waals surface area contributed by atoms with E-state index in [0.29, 0.717) is 13.2 Å². The molecule has 6 heteroatoms. The highest BCUT2D eigenvalue weighted by molar-refractivity contribution is 14.0. The lowest BCUT2D eigenvalue weighted by Crippen LogP contribution is -2.42. The van der Waals surface area contributed by atoms with Crippen LogP contribution in [-0.4, -0.2) is 49.7 Å². The molecule has 0 bridgehead atoms. The van der Waals surface area contributed by atoms with Crippen molar-refractivity contribution in [3.05, 3.63) is 35.4 Å². The minimum absolute atomic E-state index is 0. The van der Waals surface area contributed by atoms with Crippen molar-refractivity contribution in [3.8, 4) is 0 Å². The zero-order valence-corrected chi connectivity index (χ0v) is 19.5. The monoisotopic (exact) mass is 488 g/mol. The molecule has 0 unspecified atom stereocenters. The van der Waals surface area contributed by atoms with Crippen LogP contribution in [0.1, 0.15) is 51.2 Å². The average molecular weight is 488 g/mol. The third kappa shape index (κ3) is 10.3. The zero-order chi connectivity index (χ0) is 18.6. The van der Waals surface area contributed by atoms with Gasteiger partial charge in [-0.15, -0.1) is 24.0 Å². The minimum atomic E-state index is 0. The van der Waals surface area contributed by atoms with E-state index >= 15 is 0 Å². The second-order valence-electron chi connectivity index (χ2n) is 7.20. The zero-order valence-electron chi connectivity index (χ0n) is 17.2. The van der Waals surface area contributed by atoms with Gasteiger partial charge in [-0.25, -0.2) is 4.99 Å². The maximum atomic E-state index is 5.64. The third-order valence-corrected chi connectivity index (χ3v) is 4.54. The number of likely N-dealkylation sites (tertiary alicyclic amines) is 1. The summed E-state index contributed by atoms with van der Waals surface area (Å²) in [5.41, 5.74) is 2.42. The number of hydrogen-bond acceptors (Lipinski definition) is 3. The van der Waals surface area contributed by atoms with Gasteiger partial charge in [0.1, 0.15) is 0 Å². The topological polar surface area (TPSA) is 48.9 Å². The van der Waals surface area contributed by atoms with Gasteiger partial charge in [-0.2, -0.15) is 0 Å². The standard InChI is InChI=1S/C21H36N4O.HI/c1-4-22-21(23-12-15-25-13-6-5-7-14-25)24-16-19-8-10-20(11-9-19)17-26-18(2)3;/h8-11,18H,4-7,12-17H2,1-3H3,(H2,22,23,24);1H. The smallest absolute Gasteiger partial charge is 0.191 e. The quantitative estimate of drug-likeness (QED) is 0.316. The fraction of sp³-hybridized carbons (Fsp3) is 0.667. The van der Waals surface area contributed by atoms with E-state index in [2.05, 4.69) is 60.6 Å². The summed E-state index contributed by atoms with van der Waals surface area (Å²) >= 11 is 0. The number of hydrogen-bond donors (Lipinski definition) is 2. The summed E-state index contributed by atoms with van der Waals surface area (Å²) in [5.74, 6) is 0.900. The largest absolute Gasteiger partial charge is 0.374 e. The molecule has 1 heterocycles. The molecule has 5 nitrogen and oxygen atoms in total. The van der Waals surface area contributed by atoms with Crippen molar-refractivity contribution in [2.45, 2.75) is 59.3 Å². The molecule has 0 atom stereocenters. The van der Waals surface area contributed by atoms with Gasteiger partial charge in [-0.3, -0.25) is 0 Å². The molecular weight excluding hydrogens is 451 g/mol. The van der Waals surface area contributed by atoms with Crippen molar-refractivity contribution in [2.75, 3.05) is 32.7 Å². The second kappa shape index (κ2) is 14.2. The summed E-state index contributed by atoms with van der Waals surface area (Å²) in [6.45, 7) is 13.0. The molecule has 1 saturated heterocycles. The molecule has 1 aliphatic rings. The predicted octanol–water partition coefficient (Wildman–Crippen LogP) is 3.77. The lowest BCUT2D eigenvalue weighted by Gasteiger charge is -2.26. The van der Waals surface area contributed by atoms with Crippen LogP contribution in [0.3, 0.4) is 0 Å². The number of aliphatic imine (C=N–C) groups is 1. The average Bonchev–Trinajstić information content (AvgIpc) is 2.66. The molecule has 1 aromatic rings. The van der Waals surface area contributed by atoms with E-state index in [0.717, 1.165) is 25.6 Å². The number of nitrogens with zero attached hydrogens (tertiary/aromatic N) is 2. The molecule has 27 heavy (non-hydrogen) atoms. The molecule has 0 aliphatic carbocycles. The van der Waals surface area contributed by atoms with E-state index in [9.17, 15) is 0 Å². The van der Waals surface area contributed by atoms with Gasteiger partial charge in [0, 0.05) is 19.6 Å². The molecule has 2 rings (SSSR count). The van der Waals surface area contributed by atoms with Gasteiger partial charge < -0.3 is 20.3 Å². The van der Waals surface area contributed by atoms with E-state index in [1.807, 2.05) is 0 Å². The van der Waals surface area contributed by atoms with Gasteiger partial charge in [0.25, 0.3) is 0 Å². The first-order valence-electron chi connectivity index (χ1n) is 10.1. The van der Waals surface area contributed by atoms with Crippen molar-refractivity contribution in [3.63, 3.8) is 0 Å². The molecule has 0 amide bonds. The van der Waals surface area contributed by atoms with Crippen LogP contribution in [0.25, 0.3) is 0 Å². The number of rotatable bonds is 9. The van der Waals surface area contributed by atoms with Crippen LogP contribution in [0.15, 0.2) is 29.3 Å². The first-order valence-corrected chi connectivity index (χ1v) is 10.1. The summed E-state index contributed by atoms with van der Waals surface area (Å²) < 4.78 is 5.64. The van der Waals surface area contributed by atoms with Crippen LogP contribution in [0.4, 0.5) is 0 Å². The van der Waals surface area contributed by atoms with Crippen LogP contribution < -0.4 is 10.6 Å². The predicted molar refractivity (Wildman–Crippen MR) is 125 cm³/mol. The van der Waals surface area contributed by atoms with Crippen LogP contribution in [-0.2, 0) is 17.9 Å². The van der Waals surface area contributed by atoms with Gasteiger partial charge in [0.2, 0.25) is 0 Å². The lowest BCUT2D eigenvalue weighted by molar-refractivity contribution is 0.0657. The van der Waals surface area contributed by atoms with Crippen LogP contribution in [0, 0.1) is 0 Å². The van der Waals surface area contributed by atoms with Crippen molar-refractivity contribution >= 4 is 29.9 Å². The molecule has 2 N–H and O–H groups in total. The fourth-order valence-electron chi connectivity index (χ4n) is 3.03. The maximum Gasteiger partial charge on any atom is 0.191 e. The van der Waals surface area contributed by atoms with Crippen LogP contribution >= 0.6 is 24.0 Å². The maximum absolute atomic E-state index is 5.64. The summed E-state index contributed by atoms with van der Waals surface area (Å²) in [6, 6.07) is 8.54. The van der Waals surface area contributed by atoms with E-state index in [4.69, 9.17) is 9.73 Å². The summed E-state index contributed by atoms with van der Waals surface area (Å²) in [7, 11) is 0. The van der Waals surface area contributed by atoms with Gasteiger partial charge >= 0.3 is 0 Å². The Bertz CT molecular complexity index is 527. The fourth-order valence-corrected chi connectivity index (χ4v) is 3.03. The Balaban J connectivity index is 0.00000364. The normalized spacial score (nSPS) is 15.5. The highest BCUT2D eigenvalue weighted by Gasteiger charge is 2.09. The van der Waals surface area contributed by atoms with Crippen LogP contribution in [0.5, 0.6) is 0 Å². The van der Waals surface area contributed by atoms with E-state index in [-0.39, 0.29) is 30.1 Å².